The Morgan fingerprint density at radius 3 is 2.39 bits per heavy atom. The van der Waals surface area contributed by atoms with Crippen LogP contribution in [0.5, 0.6) is 0 Å². The molecule has 1 saturated carbocycles. The lowest BCUT2D eigenvalue weighted by Crippen LogP contribution is -2.40. The minimum Gasteiger partial charge on any atom is -0.347 e. The molecule has 3 heterocycles. The number of hydrogen-bond acceptors (Lipinski definition) is 3. The zero-order valence-electron chi connectivity index (χ0n) is 14.0. The van der Waals surface area contributed by atoms with Gasteiger partial charge in [0.15, 0.2) is 5.11 Å². The maximum absolute atomic E-state index is 5.61. The zero-order chi connectivity index (χ0) is 16.2. The van der Waals surface area contributed by atoms with E-state index in [0.29, 0.717) is 5.92 Å². The molecular formula is C18H26N4S. The van der Waals surface area contributed by atoms with Crippen molar-refractivity contribution in [2.45, 2.75) is 39.5 Å². The van der Waals surface area contributed by atoms with Gasteiger partial charge in [-0.1, -0.05) is 19.9 Å². The van der Waals surface area contributed by atoms with Gasteiger partial charge in [-0.2, -0.15) is 5.10 Å². The summed E-state index contributed by atoms with van der Waals surface area (Å²) in [5.74, 6) is 1.90. The van der Waals surface area contributed by atoms with E-state index in [9.17, 15) is 0 Å². The molecule has 0 unspecified atom stereocenters. The predicted molar refractivity (Wildman–Crippen MR) is 98.4 cm³/mol. The van der Waals surface area contributed by atoms with Gasteiger partial charge >= 0.3 is 0 Å². The van der Waals surface area contributed by atoms with Crippen LogP contribution in [0.2, 0.25) is 0 Å². The fourth-order valence-corrected chi connectivity index (χ4v) is 3.83. The minimum atomic E-state index is 0.292. The molecule has 0 spiro atoms. The highest BCUT2D eigenvalue weighted by atomic mass is 32.1. The normalized spacial score (nSPS) is 24.7. The molecule has 1 aliphatic carbocycles. The summed E-state index contributed by atoms with van der Waals surface area (Å²) in [5, 5.41) is 5.35. The number of rotatable bonds is 3. The average Bonchev–Trinajstić information content (AvgIpc) is 2.89. The molecule has 3 fully saturated rings. The fourth-order valence-electron chi connectivity index (χ4n) is 3.64. The highest BCUT2D eigenvalue weighted by Gasteiger charge is 2.30. The van der Waals surface area contributed by atoms with Gasteiger partial charge in [-0.25, -0.2) is 0 Å². The van der Waals surface area contributed by atoms with E-state index in [4.69, 9.17) is 12.2 Å². The molecule has 1 aromatic heterocycles. The fraction of sp³-hybridized carbons (Fsp3) is 0.611. The van der Waals surface area contributed by atoms with Crippen molar-refractivity contribution in [1.82, 2.24) is 15.3 Å². The van der Waals surface area contributed by atoms with Gasteiger partial charge in [-0.05, 0) is 67.8 Å². The highest BCUT2D eigenvalue weighted by molar-refractivity contribution is 7.80. The Balaban J connectivity index is 1.68. The largest absolute Gasteiger partial charge is 0.347 e. The summed E-state index contributed by atoms with van der Waals surface area (Å²) in [6.07, 6.45) is 7.24. The Bertz CT molecular complexity index is 548. The molecule has 5 heteroatoms. The lowest BCUT2D eigenvalue weighted by Gasteiger charge is -2.25. The van der Waals surface area contributed by atoms with E-state index in [1.165, 1.54) is 25.7 Å². The molecule has 2 bridgehead atoms. The molecule has 0 aromatic carbocycles. The molecule has 0 atom stereocenters. The molecule has 4 rings (SSSR count). The van der Waals surface area contributed by atoms with Gasteiger partial charge in [0.25, 0.3) is 0 Å². The van der Waals surface area contributed by atoms with Crippen LogP contribution in [0, 0.1) is 17.8 Å². The van der Waals surface area contributed by atoms with E-state index in [1.807, 2.05) is 18.2 Å². The maximum atomic E-state index is 5.61. The third-order valence-corrected chi connectivity index (χ3v) is 5.31. The van der Waals surface area contributed by atoms with Crippen molar-refractivity contribution < 1.29 is 0 Å². The third-order valence-electron chi connectivity index (χ3n) is 4.96. The summed E-state index contributed by atoms with van der Waals surface area (Å²) in [5.41, 5.74) is 4.99. The van der Waals surface area contributed by atoms with Crippen molar-refractivity contribution in [3.8, 4) is 0 Å². The summed E-state index contributed by atoms with van der Waals surface area (Å²) in [6, 6.07) is 5.91. The van der Waals surface area contributed by atoms with E-state index in [-0.39, 0.29) is 0 Å². The molecule has 1 N–H and O–H groups in total. The Hall–Kier alpha value is -1.49. The third kappa shape index (κ3) is 4.08. The van der Waals surface area contributed by atoms with Crippen molar-refractivity contribution in [2.75, 3.05) is 13.1 Å². The number of hydrazone groups is 1. The first-order chi connectivity index (χ1) is 11.1. The Morgan fingerprint density at radius 2 is 1.87 bits per heavy atom. The van der Waals surface area contributed by atoms with Crippen LogP contribution < -0.4 is 5.43 Å². The molecule has 2 saturated heterocycles. The Morgan fingerprint density at radius 1 is 1.22 bits per heavy atom. The van der Waals surface area contributed by atoms with Crippen LogP contribution in [0.3, 0.4) is 0 Å². The number of hydrogen-bond donors (Lipinski definition) is 1. The molecule has 3 aliphatic rings. The average molecular weight is 331 g/mol. The number of pyridine rings is 1. The molecule has 0 amide bonds. The number of nitrogens with zero attached hydrogens (tertiary/aromatic N) is 3. The van der Waals surface area contributed by atoms with Gasteiger partial charge in [0.05, 0.1) is 11.4 Å². The van der Waals surface area contributed by atoms with Crippen molar-refractivity contribution >= 4 is 23.0 Å². The van der Waals surface area contributed by atoms with Gasteiger partial charge in [0.1, 0.15) is 0 Å². The van der Waals surface area contributed by atoms with Gasteiger partial charge < -0.3 is 4.90 Å². The minimum absolute atomic E-state index is 0.292. The molecule has 124 valence electrons. The van der Waals surface area contributed by atoms with E-state index in [1.54, 1.807) is 6.20 Å². The molecule has 2 aliphatic heterocycles. The first kappa shape index (κ1) is 16.4. The van der Waals surface area contributed by atoms with Crippen LogP contribution in [-0.2, 0) is 0 Å². The van der Waals surface area contributed by atoms with E-state index in [2.05, 4.69) is 34.3 Å². The Kier molecular flexibility index (Phi) is 5.26. The monoisotopic (exact) mass is 330 g/mol. The van der Waals surface area contributed by atoms with Gasteiger partial charge in [0, 0.05) is 19.3 Å². The maximum Gasteiger partial charge on any atom is 0.189 e. The number of aromatic nitrogens is 1. The van der Waals surface area contributed by atoms with Crippen molar-refractivity contribution in [3.63, 3.8) is 0 Å². The van der Waals surface area contributed by atoms with Crippen LogP contribution in [0.4, 0.5) is 0 Å². The van der Waals surface area contributed by atoms with E-state index < -0.39 is 0 Å². The Labute approximate surface area is 144 Å². The summed E-state index contributed by atoms with van der Waals surface area (Å²) in [4.78, 5) is 6.74. The van der Waals surface area contributed by atoms with Crippen molar-refractivity contribution in [1.29, 1.82) is 0 Å². The van der Waals surface area contributed by atoms with E-state index in [0.717, 1.165) is 41.4 Å². The topological polar surface area (TPSA) is 40.5 Å². The van der Waals surface area contributed by atoms with Gasteiger partial charge in [-0.15, -0.1) is 0 Å². The standard InChI is InChI=1S/C18H26N4S/c1-13(2)17(16-5-3-4-10-19-16)20-21-18(23)22-11-14-6-7-15(12-22)9-8-14/h3-5,10,13-15H,6-9,11-12H2,1-2H3,(H,21,23)/b20-17+. The van der Waals surface area contributed by atoms with Gasteiger partial charge in [-0.3, -0.25) is 10.4 Å². The first-order valence-corrected chi connectivity index (χ1v) is 9.08. The number of fused-ring (bicyclic) bond motifs is 4. The lowest BCUT2D eigenvalue weighted by molar-refractivity contribution is 0.326. The summed E-state index contributed by atoms with van der Waals surface area (Å²) < 4.78 is 0. The van der Waals surface area contributed by atoms with Crippen LogP contribution in [0.15, 0.2) is 29.5 Å². The molecular weight excluding hydrogens is 304 g/mol. The van der Waals surface area contributed by atoms with E-state index >= 15 is 0 Å². The summed E-state index contributed by atoms with van der Waals surface area (Å²) >= 11 is 5.61. The van der Waals surface area contributed by atoms with Crippen LogP contribution >= 0.6 is 12.2 Å². The van der Waals surface area contributed by atoms with Crippen molar-refractivity contribution in [3.05, 3.63) is 30.1 Å². The van der Waals surface area contributed by atoms with Gasteiger partial charge in [0.2, 0.25) is 0 Å². The van der Waals surface area contributed by atoms with Crippen LogP contribution in [0.1, 0.15) is 45.2 Å². The summed E-state index contributed by atoms with van der Waals surface area (Å²) in [7, 11) is 0. The molecule has 23 heavy (non-hydrogen) atoms. The van der Waals surface area contributed by atoms with Crippen LogP contribution in [-0.4, -0.2) is 33.8 Å². The molecule has 1 aromatic rings. The SMILES string of the molecule is CC(C)/C(=N\NC(=S)N1CC2CCC(CC2)C1)c1ccccn1. The lowest BCUT2D eigenvalue weighted by atomic mass is 9.84. The number of thiocarbonyl (C=S) groups is 1. The highest BCUT2D eigenvalue weighted by Crippen LogP contribution is 2.33. The summed E-state index contributed by atoms with van der Waals surface area (Å²) in [6.45, 7) is 6.42. The smallest absolute Gasteiger partial charge is 0.189 e. The second kappa shape index (κ2) is 7.39. The molecule has 4 nitrogen and oxygen atoms in total. The second-order valence-corrected chi connectivity index (χ2v) is 7.46. The van der Waals surface area contributed by atoms with Crippen molar-refractivity contribution in [2.24, 2.45) is 22.9 Å². The second-order valence-electron chi connectivity index (χ2n) is 7.08. The zero-order valence-corrected chi connectivity index (χ0v) is 14.9. The predicted octanol–water partition coefficient (Wildman–Crippen LogP) is 3.44. The number of nitrogens with one attached hydrogen (secondary N) is 1. The molecule has 0 radical (unpaired) electrons. The van der Waals surface area contributed by atoms with Crippen LogP contribution in [0.25, 0.3) is 0 Å². The first-order valence-electron chi connectivity index (χ1n) is 8.67. The quantitative estimate of drug-likeness (QED) is 0.524.